The average Bonchev–Trinajstić information content (AvgIpc) is 2.28. The molecule has 2 rings (SSSR count). The lowest BCUT2D eigenvalue weighted by Crippen LogP contribution is -1.98. The van der Waals surface area contributed by atoms with Crippen LogP contribution in [0.25, 0.3) is 11.3 Å². The van der Waals surface area contributed by atoms with Gasteiger partial charge in [-0.2, -0.15) is 0 Å². The zero-order valence-corrected chi connectivity index (χ0v) is 8.81. The van der Waals surface area contributed by atoms with E-state index in [1.807, 2.05) is 6.92 Å². The van der Waals surface area contributed by atoms with Crippen molar-refractivity contribution in [2.45, 2.75) is 13.5 Å². The first-order valence-corrected chi connectivity index (χ1v) is 4.90. The fourth-order valence-corrected chi connectivity index (χ4v) is 1.50. The number of hydrogen-bond donors (Lipinski definition) is 1. The highest BCUT2D eigenvalue weighted by Gasteiger charge is 2.04. The third kappa shape index (κ3) is 2.23. The highest BCUT2D eigenvalue weighted by molar-refractivity contribution is 5.59. The van der Waals surface area contributed by atoms with Crippen LogP contribution in [0.15, 0.2) is 30.3 Å². The second-order valence-corrected chi connectivity index (χ2v) is 3.48. The van der Waals surface area contributed by atoms with Crippen LogP contribution in [0.4, 0.5) is 4.39 Å². The molecule has 82 valence electrons. The minimum absolute atomic E-state index is 0.218. The fourth-order valence-electron chi connectivity index (χ4n) is 1.50. The molecule has 1 aromatic carbocycles. The van der Waals surface area contributed by atoms with Gasteiger partial charge in [-0.05, 0) is 25.1 Å². The molecule has 1 aromatic heterocycles. The normalized spacial score (nSPS) is 10.4. The van der Waals surface area contributed by atoms with Crippen LogP contribution in [0.1, 0.15) is 11.5 Å². The van der Waals surface area contributed by atoms with E-state index >= 15 is 0 Å². The third-order valence-corrected chi connectivity index (χ3v) is 2.16. The van der Waals surface area contributed by atoms with E-state index in [1.54, 1.807) is 18.2 Å². The number of aliphatic hydroxyl groups is 1. The summed E-state index contributed by atoms with van der Waals surface area (Å²) in [5.41, 5.74) is 2.05. The average molecular weight is 218 g/mol. The molecule has 0 amide bonds. The van der Waals surface area contributed by atoms with Gasteiger partial charge < -0.3 is 5.11 Å². The zero-order chi connectivity index (χ0) is 11.5. The van der Waals surface area contributed by atoms with E-state index in [4.69, 9.17) is 5.11 Å². The van der Waals surface area contributed by atoms with Crippen molar-refractivity contribution in [3.8, 4) is 11.3 Å². The lowest BCUT2D eigenvalue weighted by Gasteiger charge is -2.04. The van der Waals surface area contributed by atoms with Crippen molar-refractivity contribution in [2.24, 2.45) is 0 Å². The largest absolute Gasteiger partial charge is 0.388 e. The minimum atomic E-state index is -0.306. The topological polar surface area (TPSA) is 46.0 Å². The molecule has 4 heteroatoms. The number of rotatable bonds is 2. The first kappa shape index (κ1) is 10.7. The van der Waals surface area contributed by atoms with Gasteiger partial charge in [-0.15, -0.1) is 0 Å². The van der Waals surface area contributed by atoms with Gasteiger partial charge in [-0.1, -0.05) is 12.1 Å². The van der Waals surface area contributed by atoms with Crippen molar-refractivity contribution < 1.29 is 9.50 Å². The molecule has 0 aliphatic rings. The van der Waals surface area contributed by atoms with Gasteiger partial charge in [0.2, 0.25) is 0 Å². The molecule has 3 nitrogen and oxygen atoms in total. The van der Waals surface area contributed by atoms with Crippen molar-refractivity contribution in [3.05, 3.63) is 47.7 Å². The smallest absolute Gasteiger partial charge is 0.154 e. The lowest BCUT2D eigenvalue weighted by molar-refractivity contribution is 0.271. The molecule has 0 radical (unpaired) electrons. The number of halogens is 1. The van der Waals surface area contributed by atoms with Crippen LogP contribution in [0, 0.1) is 12.7 Å². The monoisotopic (exact) mass is 218 g/mol. The van der Waals surface area contributed by atoms with Crippen LogP contribution in [0.3, 0.4) is 0 Å². The minimum Gasteiger partial charge on any atom is -0.388 e. The van der Waals surface area contributed by atoms with Gasteiger partial charge in [0.1, 0.15) is 12.4 Å². The van der Waals surface area contributed by atoms with E-state index < -0.39 is 0 Å². The van der Waals surface area contributed by atoms with Crippen LogP contribution in [-0.4, -0.2) is 15.1 Å². The summed E-state index contributed by atoms with van der Waals surface area (Å²) in [7, 11) is 0. The number of aliphatic hydroxyl groups excluding tert-OH is 1. The van der Waals surface area contributed by atoms with E-state index in [9.17, 15) is 4.39 Å². The molecular formula is C12H11FN2O. The lowest BCUT2D eigenvalue weighted by atomic mass is 10.1. The molecule has 0 atom stereocenters. The van der Waals surface area contributed by atoms with Crippen molar-refractivity contribution in [2.75, 3.05) is 0 Å². The Labute approximate surface area is 92.6 Å². The number of benzene rings is 1. The van der Waals surface area contributed by atoms with Gasteiger partial charge in [0.15, 0.2) is 5.82 Å². The van der Waals surface area contributed by atoms with E-state index in [2.05, 4.69) is 9.97 Å². The van der Waals surface area contributed by atoms with E-state index in [0.717, 1.165) is 5.69 Å². The molecular weight excluding hydrogens is 207 g/mol. The third-order valence-electron chi connectivity index (χ3n) is 2.16. The maximum absolute atomic E-state index is 13.0. The summed E-state index contributed by atoms with van der Waals surface area (Å²) >= 11 is 0. The molecule has 0 aliphatic heterocycles. The predicted octanol–water partition coefficient (Wildman–Crippen LogP) is 2.08. The Kier molecular flexibility index (Phi) is 2.92. The molecule has 0 saturated carbocycles. The van der Waals surface area contributed by atoms with Crippen LogP contribution >= 0.6 is 0 Å². The highest BCUT2D eigenvalue weighted by atomic mass is 19.1. The number of nitrogens with zero attached hydrogens (tertiary/aromatic N) is 2. The highest BCUT2D eigenvalue weighted by Crippen LogP contribution is 2.18. The van der Waals surface area contributed by atoms with Gasteiger partial charge in [0, 0.05) is 11.3 Å². The second kappa shape index (κ2) is 4.37. The number of aromatic nitrogens is 2. The first-order chi connectivity index (χ1) is 7.69. The van der Waals surface area contributed by atoms with Crippen LogP contribution in [0.2, 0.25) is 0 Å². The first-order valence-electron chi connectivity index (χ1n) is 4.90. The molecule has 0 saturated heterocycles. The van der Waals surface area contributed by atoms with Gasteiger partial charge in [-0.3, -0.25) is 0 Å². The number of hydrogen-bond acceptors (Lipinski definition) is 3. The molecule has 16 heavy (non-hydrogen) atoms. The van der Waals surface area contributed by atoms with Crippen molar-refractivity contribution in [3.63, 3.8) is 0 Å². The van der Waals surface area contributed by atoms with Gasteiger partial charge in [-0.25, -0.2) is 14.4 Å². The SMILES string of the molecule is Cc1cc(-c2cccc(F)c2)nc(CO)n1. The Hall–Kier alpha value is -1.81. The summed E-state index contributed by atoms with van der Waals surface area (Å²) < 4.78 is 13.0. The Morgan fingerprint density at radius 1 is 1.25 bits per heavy atom. The molecule has 1 heterocycles. The summed E-state index contributed by atoms with van der Waals surface area (Å²) in [6, 6.07) is 7.94. The molecule has 0 aliphatic carbocycles. The maximum Gasteiger partial charge on any atom is 0.154 e. The van der Waals surface area contributed by atoms with Gasteiger partial charge in [0.25, 0.3) is 0 Å². The molecule has 0 spiro atoms. The molecule has 2 aromatic rings. The van der Waals surface area contributed by atoms with Crippen molar-refractivity contribution >= 4 is 0 Å². The predicted molar refractivity (Wildman–Crippen MR) is 58.1 cm³/mol. The summed E-state index contributed by atoms with van der Waals surface area (Å²) in [5.74, 6) is 0.0403. The van der Waals surface area contributed by atoms with Crippen LogP contribution in [0.5, 0.6) is 0 Å². The summed E-state index contributed by atoms with van der Waals surface area (Å²) in [6.07, 6.45) is 0. The quantitative estimate of drug-likeness (QED) is 0.839. The van der Waals surface area contributed by atoms with Crippen LogP contribution < -0.4 is 0 Å². The standard InChI is InChI=1S/C12H11FN2O/c1-8-5-11(15-12(7-16)14-8)9-3-2-4-10(13)6-9/h2-6,16H,7H2,1H3. The Bertz CT molecular complexity index is 514. The Morgan fingerprint density at radius 3 is 2.75 bits per heavy atom. The van der Waals surface area contributed by atoms with Crippen molar-refractivity contribution in [1.29, 1.82) is 0 Å². The summed E-state index contributed by atoms with van der Waals surface area (Å²) in [5, 5.41) is 8.99. The fraction of sp³-hybridized carbons (Fsp3) is 0.167. The zero-order valence-electron chi connectivity index (χ0n) is 8.81. The Morgan fingerprint density at radius 2 is 2.06 bits per heavy atom. The molecule has 0 fully saturated rings. The Balaban J connectivity index is 2.51. The van der Waals surface area contributed by atoms with E-state index in [0.29, 0.717) is 17.1 Å². The number of aryl methyl sites for hydroxylation is 1. The van der Waals surface area contributed by atoms with Gasteiger partial charge >= 0.3 is 0 Å². The van der Waals surface area contributed by atoms with E-state index in [1.165, 1.54) is 12.1 Å². The summed E-state index contributed by atoms with van der Waals surface area (Å²) in [4.78, 5) is 8.18. The second-order valence-electron chi connectivity index (χ2n) is 3.48. The molecule has 1 N–H and O–H groups in total. The van der Waals surface area contributed by atoms with E-state index in [-0.39, 0.29) is 12.4 Å². The molecule has 0 unspecified atom stereocenters. The summed E-state index contributed by atoms with van der Waals surface area (Å²) in [6.45, 7) is 1.59. The molecule has 0 bridgehead atoms. The van der Waals surface area contributed by atoms with Crippen LogP contribution in [-0.2, 0) is 6.61 Å². The van der Waals surface area contributed by atoms with Crippen molar-refractivity contribution in [1.82, 2.24) is 9.97 Å². The van der Waals surface area contributed by atoms with Gasteiger partial charge in [0.05, 0.1) is 5.69 Å². The maximum atomic E-state index is 13.0.